The van der Waals surface area contributed by atoms with Crippen molar-refractivity contribution in [1.29, 1.82) is 0 Å². The molecule has 0 aromatic heterocycles. The van der Waals surface area contributed by atoms with E-state index in [0.717, 1.165) is 77.0 Å². The first-order valence-corrected chi connectivity index (χ1v) is 33.5. The Morgan fingerprint density at radius 3 is 1.31 bits per heavy atom. The van der Waals surface area contributed by atoms with Gasteiger partial charge < -0.3 is 65.1 Å². The van der Waals surface area contributed by atoms with Crippen LogP contribution in [0.2, 0.25) is 0 Å². The lowest BCUT2D eigenvalue weighted by Crippen LogP contribution is -2.65. The van der Waals surface area contributed by atoms with Crippen LogP contribution in [0.5, 0.6) is 0 Å². The van der Waals surface area contributed by atoms with E-state index in [4.69, 9.17) is 18.9 Å². The normalized spacial score (nSPS) is 24.3. The molecule has 2 heterocycles. The Bertz CT molecular complexity index is 1780. The SMILES string of the molecule is CC/C=C\C/C=C\C/C=C\C/C=C\C/C=C\C/C=C\CCCCCCC(=O)NC(COC1OC(CO)C(OC2OC(CO)C(O)C(O)C2O)C(O)C1O)C(O)/C=C/CC/C=C/CCCCCCCCCCCCCCCCCCCCCCC. The molecule has 2 aliphatic heterocycles. The van der Waals surface area contributed by atoms with Crippen LogP contribution in [0.4, 0.5) is 0 Å². The zero-order chi connectivity index (χ0) is 60.9. The van der Waals surface area contributed by atoms with E-state index in [2.05, 4.69) is 104 Å². The predicted molar refractivity (Wildman–Crippen MR) is 341 cm³/mol. The van der Waals surface area contributed by atoms with Crippen molar-refractivity contribution in [3.05, 3.63) is 97.2 Å². The van der Waals surface area contributed by atoms with E-state index in [0.29, 0.717) is 12.8 Å². The van der Waals surface area contributed by atoms with Crippen molar-refractivity contribution in [2.45, 2.75) is 319 Å². The summed E-state index contributed by atoms with van der Waals surface area (Å²) in [5, 5.41) is 87.3. The van der Waals surface area contributed by atoms with E-state index in [1.165, 1.54) is 135 Å². The summed E-state index contributed by atoms with van der Waals surface area (Å²) in [6, 6.07) is -0.954. The van der Waals surface area contributed by atoms with Crippen LogP contribution in [0.15, 0.2) is 97.2 Å². The lowest BCUT2D eigenvalue weighted by atomic mass is 9.97. The molecule has 2 rings (SSSR count). The largest absolute Gasteiger partial charge is 0.394 e. The zero-order valence-electron chi connectivity index (χ0n) is 52.4. The van der Waals surface area contributed by atoms with Gasteiger partial charge in [0, 0.05) is 6.42 Å². The molecular formula is C70H121NO13. The van der Waals surface area contributed by atoms with Crippen LogP contribution in [-0.2, 0) is 23.7 Å². The minimum Gasteiger partial charge on any atom is -0.394 e. The van der Waals surface area contributed by atoms with E-state index in [1.54, 1.807) is 6.08 Å². The van der Waals surface area contributed by atoms with Gasteiger partial charge in [0.15, 0.2) is 12.6 Å². The van der Waals surface area contributed by atoms with Gasteiger partial charge in [-0.25, -0.2) is 0 Å². The Kier molecular flexibility index (Phi) is 49.6. The molecule has 2 saturated heterocycles. The number of allylic oxidation sites excluding steroid dienone is 15. The summed E-state index contributed by atoms with van der Waals surface area (Å²) in [6.45, 7) is 2.66. The molecule has 0 aromatic carbocycles. The Balaban J connectivity index is 1.75. The highest BCUT2D eigenvalue weighted by atomic mass is 16.7. The average molecular weight is 1180 g/mol. The van der Waals surface area contributed by atoms with E-state index in [1.807, 2.05) is 6.08 Å². The van der Waals surface area contributed by atoms with Crippen molar-refractivity contribution in [2.75, 3.05) is 19.8 Å². The van der Waals surface area contributed by atoms with Crippen molar-refractivity contribution in [3.8, 4) is 0 Å². The van der Waals surface area contributed by atoms with Gasteiger partial charge in [-0.3, -0.25) is 4.79 Å². The van der Waals surface area contributed by atoms with Crippen LogP contribution in [0, 0.1) is 0 Å². The standard InChI is InChI=1S/C70H121NO13/c1-3-5-7-9-11-13-15-17-19-21-23-25-27-28-29-30-32-33-35-37-39-41-43-45-47-49-51-53-59(74)58(57-81-69-67(80)65(78)68(61(56-73)83-69)84-70-66(79)64(77)63(76)60(55-72)82-70)71-62(75)54-52-50-48-46-44-42-40-38-36-34-31-26-24-22-20-18-16-14-12-10-8-6-4-2/h6,8,12,14,18,20,24,26,34,36,40,42-43,45,51,53,58-61,63-70,72-74,76-80H,3-5,7,9-11,13,15-17,19,21-23,25,27-33,35,37-39,41,44,46-50,52,54-57H2,1-2H3,(H,71,75)/b8-6-,14-12-,20-18-,26-24-,36-34-,42-40-,45-43+,53-51+. The number of hydrogen-bond donors (Lipinski definition) is 9. The number of rotatable bonds is 53. The highest BCUT2D eigenvalue weighted by Crippen LogP contribution is 2.30. The second kappa shape index (κ2) is 54.1. The maximum absolute atomic E-state index is 13.3. The van der Waals surface area contributed by atoms with Crippen LogP contribution < -0.4 is 5.32 Å². The highest BCUT2D eigenvalue weighted by Gasteiger charge is 2.51. The first-order valence-electron chi connectivity index (χ1n) is 33.5. The van der Waals surface area contributed by atoms with E-state index in [9.17, 15) is 45.6 Å². The minimum absolute atomic E-state index is 0.238. The molecular weight excluding hydrogens is 1060 g/mol. The maximum Gasteiger partial charge on any atom is 0.220 e. The zero-order valence-corrected chi connectivity index (χ0v) is 52.4. The number of aliphatic hydroxyl groups excluding tert-OH is 8. The van der Waals surface area contributed by atoms with Gasteiger partial charge in [-0.05, 0) is 83.5 Å². The summed E-state index contributed by atoms with van der Waals surface area (Å²) >= 11 is 0. The number of unbranched alkanes of at least 4 members (excludes halogenated alkanes) is 26. The Hall–Kier alpha value is -3.09. The number of carbonyl (C=O) groups excluding carboxylic acids is 1. The average Bonchev–Trinajstić information content (AvgIpc) is 3.18. The quantitative estimate of drug-likeness (QED) is 0.0204. The molecule has 12 unspecified atom stereocenters. The van der Waals surface area contributed by atoms with Crippen LogP contribution >= 0.6 is 0 Å². The summed E-state index contributed by atoms with van der Waals surface area (Å²) in [5.41, 5.74) is 0. The first-order chi connectivity index (χ1) is 41.1. The van der Waals surface area contributed by atoms with Crippen molar-refractivity contribution < 1.29 is 64.6 Å². The molecule has 12 atom stereocenters. The second-order valence-corrected chi connectivity index (χ2v) is 23.2. The van der Waals surface area contributed by atoms with Crippen LogP contribution in [0.25, 0.3) is 0 Å². The molecule has 14 heteroatoms. The number of nitrogens with one attached hydrogen (secondary N) is 1. The number of aliphatic hydroxyl groups is 8. The van der Waals surface area contributed by atoms with Gasteiger partial charge in [0.2, 0.25) is 5.91 Å². The van der Waals surface area contributed by atoms with Gasteiger partial charge in [-0.2, -0.15) is 0 Å². The Morgan fingerprint density at radius 1 is 0.440 bits per heavy atom. The predicted octanol–water partition coefficient (Wildman–Crippen LogP) is 13.0. The molecule has 484 valence electrons. The third kappa shape index (κ3) is 38.2. The van der Waals surface area contributed by atoms with Gasteiger partial charge in [0.1, 0.15) is 48.8 Å². The van der Waals surface area contributed by atoms with E-state index < -0.39 is 86.8 Å². The third-order valence-corrected chi connectivity index (χ3v) is 15.8. The van der Waals surface area contributed by atoms with Gasteiger partial charge in [-0.15, -0.1) is 0 Å². The van der Waals surface area contributed by atoms with Gasteiger partial charge in [0.25, 0.3) is 0 Å². The molecule has 0 aromatic rings. The van der Waals surface area contributed by atoms with Crippen molar-refractivity contribution in [2.24, 2.45) is 0 Å². The fraction of sp³-hybridized carbons (Fsp3) is 0.757. The molecule has 2 fully saturated rings. The van der Waals surface area contributed by atoms with Crippen molar-refractivity contribution in [1.82, 2.24) is 5.32 Å². The summed E-state index contributed by atoms with van der Waals surface area (Å²) in [7, 11) is 0. The summed E-state index contributed by atoms with van der Waals surface area (Å²) in [5.74, 6) is -0.275. The van der Waals surface area contributed by atoms with Gasteiger partial charge in [-0.1, -0.05) is 252 Å². The van der Waals surface area contributed by atoms with Gasteiger partial charge in [0.05, 0.1) is 32.0 Å². The topological polar surface area (TPSA) is 228 Å². The van der Waals surface area contributed by atoms with Crippen LogP contribution in [0.1, 0.15) is 245 Å². The maximum atomic E-state index is 13.3. The monoisotopic (exact) mass is 1180 g/mol. The van der Waals surface area contributed by atoms with E-state index >= 15 is 0 Å². The first kappa shape index (κ1) is 77.0. The summed E-state index contributed by atoms with van der Waals surface area (Å²) < 4.78 is 22.8. The lowest BCUT2D eigenvalue weighted by Gasteiger charge is -2.46. The smallest absolute Gasteiger partial charge is 0.220 e. The van der Waals surface area contributed by atoms with Crippen molar-refractivity contribution in [3.63, 3.8) is 0 Å². The molecule has 0 aliphatic carbocycles. The minimum atomic E-state index is -1.80. The molecule has 2 aliphatic rings. The van der Waals surface area contributed by atoms with Crippen LogP contribution in [-0.4, -0.2) is 140 Å². The Labute approximate surface area is 509 Å². The lowest BCUT2D eigenvalue weighted by molar-refractivity contribution is -0.359. The second-order valence-electron chi connectivity index (χ2n) is 23.2. The number of carbonyl (C=O) groups is 1. The molecule has 1 amide bonds. The van der Waals surface area contributed by atoms with Crippen LogP contribution in [0.3, 0.4) is 0 Å². The number of hydrogen-bond acceptors (Lipinski definition) is 13. The molecule has 84 heavy (non-hydrogen) atoms. The number of ether oxygens (including phenoxy) is 4. The Morgan fingerprint density at radius 2 is 0.833 bits per heavy atom. The summed E-state index contributed by atoms with van der Waals surface area (Å²) in [6.07, 6.45) is 58.8. The third-order valence-electron chi connectivity index (χ3n) is 15.8. The number of amides is 1. The van der Waals surface area contributed by atoms with Crippen molar-refractivity contribution >= 4 is 5.91 Å². The molecule has 9 N–H and O–H groups in total. The molecule has 0 bridgehead atoms. The van der Waals surface area contributed by atoms with E-state index in [-0.39, 0.29) is 18.9 Å². The molecule has 0 spiro atoms. The molecule has 0 saturated carbocycles. The summed E-state index contributed by atoms with van der Waals surface area (Å²) in [4.78, 5) is 13.3. The fourth-order valence-electron chi connectivity index (χ4n) is 10.4. The molecule has 0 radical (unpaired) electrons. The van der Waals surface area contributed by atoms with Gasteiger partial charge >= 0.3 is 0 Å². The highest BCUT2D eigenvalue weighted by molar-refractivity contribution is 5.76. The molecule has 14 nitrogen and oxygen atoms in total. The fourth-order valence-corrected chi connectivity index (χ4v) is 10.4.